The Morgan fingerprint density at radius 2 is 1.95 bits per heavy atom. The maximum atomic E-state index is 5.93. The standard InChI is InChI=1S/C17H22N2O/c1-4-16-17(8-5-13(3)19-16)20-11-15-7-6-14(10-18)9-12(15)2/h5-9H,4,10-11,18H2,1-3H3. The van der Waals surface area contributed by atoms with Gasteiger partial charge in [0.05, 0.1) is 5.69 Å². The van der Waals surface area contributed by atoms with Crippen molar-refractivity contribution in [3.05, 3.63) is 58.4 Å². The Morgan fingerprint density at radius 3 is 2.60 bits per heavy atom. The number of nitrogens with two attached hydrogens (primary N) is 1. The molecule has 0 aliphatic carbocycles. The molecule has 0 aliphatic heterocycles. The summed E-state index contributed by atoms with van der Waals surface area (Å²) in [6.07, 6.45) is 0.877. The van der Waals surface area contributed by atoms with E-state index in [2.05, 4.69) is 37.0 Å². The van der Waals surface area contributed by atoms with Gasteiger partial charge in [0.2, 0.25) is 0 Å². The monoisotopic (exact) mass is 270 g/mol. The first-order valence-corrected chi connectivity index (χ1v) is 7.01. The van der Waals surface area contributed by atoms with Crippen LogP contribution in [0.25, 0.3) is 0 Å². The number of hydrogen-bond acceptors (Lipinski definition) is 3. The number of aryl methyl sites for hydroxylation is 3. The van der Waals surface area contributed by atoms with Crippen molar-refractivity contribution in [3.63, 3.8) is 0 Å². The van der Waals surface area contributed by atoms with E-state index < -0.39 is 0 Å². The van der Waals surface area contributed by atoms with E-state index in [1.165, 1.54) is 11.1 Å². The van der Waals surface area contributed by atoms with Gasteiger partial charge in [-0.05, 0) is 49.1 Å². The van der Waals surface area contributed by atoms with Crippen LogP contribution in [-0.4, -0.2) is 4.98 Å². The third kappa shape index (κ3) is 3.36. The molecule has 3 heteroatoms. The molecule has 0 aliphatic rings. The summed E-state index contributed by atoms with van der Waals surface area (Å²) >= 11 is 0. The molecular weight excluding hydrogens is 248 g/mol. The average Bonchev–Trinajstić information content (AvgIpc) is 2.46. The van der Waals surface area contributed by atoms with Gasteiger partial charge < -0.3 is 10.5 Å². The predicted octanol–water partition coefficient (Wildman–Crippen LogP) is 3.30. The molecule has 2 aromatic rings. The smallest absolute Gasteiger partial charge is 0.141 e. The van der Waals surface area contributed by atoms with Crippen molar-refractivity contribution in [1.29, 1.82) is 0 Å². The first kappa shape index (κ1) is 14.5. The summed E-state index contributed by atoms with van der Waals surface area (Å²) in [4.78, 5) is 4.51. The minimum absolute atomic E-state index is 0.564. The van der Waals surface area contributed by atoms with Crippen molar-refractivity contribution in [3.8, 4) is 5.75 Å². The Labute approximate surface area is 120 Å². The highest BCUT2D eigenvalue weighted by Crippen LogP contribution is 2.20. The molecule has 2 rings (SSSR count). The van der Waals surface area contributed by atoms with Gasteiger partial charge in [-0.25, -0.2) is 0 Å². The maximum Gasteiger partial charge on any atom is 0.141 e. The van der Waals surface area contributed by atoms with Crippen LogP contribution in [0.1, 0.15) is 35.0 Å². The second kappa shape index (κ2) is 6.53. The summed E-state index contributed by atoms with van der Waals surface area (Å²) in [5.74, 6) is 0.875. The van der Waals surface area contributed by atoms with Gasteiger partial charge in [-0.2, -0.15) is 0 Å². The second-order valence-electron chi connectivity index (χ2n) is 5.00. The Hall–Kier alpha value is -1.87. The molecule has 3 nitrogen and oxygen atoms in total. The van der Waals surface area contributed by atoms with Crippen LogP contribution in [0.2, 0.25) is 0 Å². The molecule has 0 bridgehead atoms. The van der Waals surface area contributed by atoms with Crippen molar-refractivity contribution in [1.82, 2.24) is 4.98 Å². The van der Waals surface area contributed by atoms with E-state index in [-0.39, 0.29) is 0 Å². The van der Waals surface area contributed by atoms with E-state index in [9.17, 15) is 0 Å². The molecule has 1 heterocycles. The van der Waals surface area contributed by atoms with E-state index in [1.807, 2.05) is 19.1 Å². The SMILES string of the molecule is CCc1nc(C)ccc1OCc1ccc(CN)cc1C. The van der Waals surface area contributed by atoms with Gasteiger partial charge in [0.25, 0.3) is 0 Å². The fourth-order valence-corrected chi connectivity index (χ4v) is 2.18. The molecular formula is C17H22N2O. The van der Waals surface area contributed by atoms with Crippen LogP contribution in [0.3, 0.4) is 0 Å². The zero-order chi connectivity index (χ0) is 14.5. The number of hydrogen-bond donors (Lipinski definition) is 1. The van der Waals surface area contributed by atoms with Crippen molar-refractivity contribution in [2.75, 3.05) is 0 Å². The van der Waals surface area contributed by atoms with Gasteiger partial charge in [-0.15, -0.1) is 0 Å². The van der Waals surface area contributed by atoms with Crippen LogP contribution in [0, 0.1) is 13.8 Å². The lowest BCUT2D eigenvalue weighted by Gasteiger charge is -2.12. The predicted molar refractivity (Wildman–Crippen MR) is 81.8 cm³/mol. The zero-order valence-corrected chi connectivity index (χ0v) is 12.4. The van der Waals surface area contributed by atoms with Crippen molar-refractivity contribution < 1.29 is 4.74 Å². The number of rotatable bonds is 5. The Bertz CT molecular complexity index is 594. The minimum Gasteiger partial charge on any atom is -0.487 e. The average molecular weight is 270 g/mol. The fraction of sp³-hybridized carbons (Fsp3) is 0.353. The van der Waals surface area contributed by atoms with Crippen LogP contribution in [0.15, 0.2) is 30.3 Å². The second-order valence-corrected chi connectivity index (χ2v) is 5.00. The molecule has 2 N–H and O–H groups in total. The van der Waals surface area contributed by atoms with Crippen LogP contribution < -0.4 is 10.5 Å². The van der Waals surface area contributed by atoms with Gasteiger partial charge in [-0.1, -0.05) is 25.1 Å². The van der Waals surface area contributed by atoms with Gasteiger partial charge in [0.15, 0.2) is 0 Å². The third-order valence-corrected chi connectivity index (χ3v) is 3.43. The van der Waals surface area contributed by atoms with Crippen molar-refractivity contribution in [2.45, 2.75) is 40.3 Å². The number of nitrogens with zero attached hydrogens (tertiary/aromatic N) is 1. The van der Waals surface area contributed by atoms with Crippen LogP contribution in [-0.2, 0) is 19.6 Å². The lowest BCUT2D eigenvalue weighted by molar-refractivity contribution is 0.300. The van der Waals surface area contributed by atoms with Crippen LogP contribution in [0.5, 0.6) is 5.75 Å². The summed E-state index contributed by atoms with van der Waals surface area (Å²) in [6, 6.07) is 10.3. The Balaban J connectivity index is 2.12. The first-order valence-electron chi connectivity index (χ1n) is 7.01. The normalized spacial score (nSPS) is 10.6. The molecule has 1 aromatic heterocycles. The molecule has 0 saturated carbocycles. The maximum absolute atomic E-state index is 5.93. The number of aromatic nitrogens is 1. The zero-order valence-electron chi connectivity index (χ0n) is 12.4. The molecule has 0 unspecified atom stereocenters. The van der Waals surface area contributed by atoms with E-state index in [0.717, 1.165) is 29.1 Å². The minimum atomic E-state index is 0.564. The lowest BCUT2D eigenvalue weighted by Crippen LogP contribution is -2.03. The van der Waals surface area contributed by atoms with Gasteiger partial charge in [-0.3, -0.25) is 4.98 Å². The highest BCUT2D eigenvalue weighted by atomic mass is 16.5. The van der Waals surface area contributed by atoms with Gasteiger partial charge in [0, 0.05) is 12.2 Å². The van der Waals surface area contributed by atoms with Gasteiger partial charge in [0.1, 0.15) is 12.4 Å². The lowest BCUT2D eigenvalue weighted by atomic mass is 10.1. The number of benzene rings is 1. The highest BCUT2D eigenvalue weighted by Gasteiger charge is 2.06. The Morgan fingerprint density at radius 1 is 1.15 bits per heavy atom. The van der Waals surface area contributed by atoms with Gasteiger partial charge >= 0.3 is 0 Å². The number of ether oxygens (including phenoxy) is 1. The number of pyridine rings is 1. The molecule has 0 saturated heterocycles. The fourth-order valence-electron chi connectivity index (χ4n) is 2.18. The molecule has 20 heavy (non-hydrogen) atoms. The first-order chi connectivity index (χ1) is 9.63. The molecule has 0 atom stereocenters. The Kier molecular flexibility index (Phi) is 4.74. The summed E-state index contributed by atoms with van der Waals surface area (Å²) in [5.41, 5.74) is 11.2. The summed E-state index contributed by atoms with van der Waals surface area (Å²) in [5, 5.41) is 0. The summed E-state index contributed by atoms with van der Waals surface area (Å²) in [6.45, 7) is 7.32. The van der Waals surface area contributed by atoms with E-state index in [4.69, 9.17) is 10.5 Å². The molecule has 1 aromatic carbocycles. The topological polar surface area (TPSA) is 48.1 Å². The molecule has 0 fully saturated rings. The summed E-state index contributed by atoms with van der Waals surface area (Å²) in [7, 11) is 0. The van der Waals surface area contributed by atoms with E-state index in [0.29, 0.717) is 13.2 Å². The third-order valence-electron chi connectivity index (χ3n) is 3.43. The van der Waals surface area contributed by atoms with Crippen LogP contribution in [0.4, 0.5) is 0 Å². The molecule has 0 amide bonds. The van der Waals surface area contributed by atoms with E-state index in [1.54, 1.807) is 0 Å². The van der Waals surface area contributed by atoms with Crippen molar-refractivity contribution >= 4 is 0 Å². The summed E-state index contributed by atoms with van der Waals surface area (Å²) < 4.78 is 5.93. The highest BCUT2D eigenvalue weighted by molar-refractivity contribution is 5.33. The molecule has 0 spiro atoms. The largest absolute Gasteiger partial charge is 0.487 e. The molecule has 0 radical (unpaired) electrons. The molecule has 106 valence electrons. The quantitative estimate of drug-likeness (QED) is 0.907. The van der Waals surface area contributed by atoms with Crippen LogP contribution >= 0.6 is 0 Å². The van der Waals surface area contributed by atoms with Crippen molar-refractivity contribution in [2.24, 2.45) is 5.73 Å². The van der Waals surface area contributed by atoms with E-state index >= 15 is 0 Å².